The van der Waals surface area contributed by atoms with Crippen LogP contribution >= 0.6 is 0 Å². The molecule has 0 spiro atoms. The molecule has 0 amide bonds. The lowest BCUT2D eigenvalue weighted by Crippen LogP contribution is -2.64. The molecule has 0 saturated carbocycles. The van der Waals surface area contributed by atoms with Crippen molar-refractivity contribution >= 4 is 11.8 Å². The zero-order chi connectivity index (χ0) is 20.9. The minimum atomic E-state index is -1.54. The number of nitrogens with zero attached hydrogens (tertiary/aromatic N) is 1. The second kappa shape index (κ2) is 9.78. The average Bonchev–Trinajstić information content (AvgIpc) is 2.72. The molecule has 1 aromatic carbocycles. The van der Waals surface area contributed by atoms with Gasteiger partial charge in [0, 0.05) is 19.1 Å². The molecule has 7 heteroatoms. The van der Waals surface area contributed by atoms with E-state index in [4.69, 9.17) is 4.74 Å². The molecule has 0 aliphatic carbocycles. The number of carboxylic acid groups (broad SMARTS) is 1. The molecule has 2 saturated heterocycles. The monoisotopic (exact) mass is 406 g/mol. The fourth-order valence-corrected chi connectivity index (χ4v) is 4.53. The Balaban J connectivity index is 1.86. The van der Waals surface area contributed by atoms with Crippen molar-refractivity contribution in [2.45, 2.75) is 51.2 Å². The molecule has 0 aromatic heterocycles. The third kappa shape index (κ3) is 4.85. The largest absolute Gasteiger partial charge is 0.480 e. The normalized spacial score (nSPS) is 28.4. The standard InChI is InChI=1S/C22H31FN2O4/c1-2-3-4-10-25-15-19(26)22(21(27)28,20-14-24-9-11-29-20)13-18(25)12-16-5-7-17(23)8-6-16/h5-8,18,20,24H,2-4,9-15H2,1H3,(H,27,28). The number of likely N-dealkylation sites (tertiary alicyclic amines) is 1. The van der Waals surface area contributed by atoms with E-state index in [2.05, 4.69) is 17.1 Å². The second-order valence-electron chi connectivity index (χ2n) is 8.13. The lowest BCUT2D eigenvalue weighted by Gasteiger charge is -2.47. The number of carbonyl (C=O) groups is 2. The zero-order valence-corrected chi connectivity index (χ0v) is 17.0. The number of unbranched alkanes of at least 4 members (excludes halogenated alkanes) is 2. The topological polar surface area (TPSA) is 78.9 Å². The first-order valence-electron chi connectivity index (χ1n) is 10.5. The SMILES string of the molecule is CCCCCN1CC(=O)C(C(=O)O)(C2CNCCO2)CC1Cc1ccc(F)cc1. The van der Waals surface area contributed by atoms with Gasteiger partial charge in [-0.2, -0.15) is 0 Å². The average molecular weight is 406 g/mol. The van der Waals surface area contributed by atoms with Crippen LogP contribution < -0.4 is 5.32 Å². The Kier molecular flexibility index (Phi) is 7.38. The fourth-order valence-electron chi connectivity index (χ4n) is 4.53. The van der Waals surface area contributed by atoms with Crippen LogP contribution in [0.3, 0.4) is 0 Å². The maximum atomic E-state index is 13.3. The van der Waals surface area contributed by atoms with Crippen molar-refractivity contribution in [1.82, 2.24) is 10.2 Å². The number of hydrogen-bond donors (Lipinski definition) is 2. The molecule has 6 nitrogen and oxygen atoms in total. The van der Waals surface area contributed by atoms with Crippen LogP contribution in [0.4, 0.5) is 4.39 Å². The Morgan fingerprint density at radius 2 is 2.10 bits per heavy atom. The van der Waals surface area contributed by atoms with Gasteiger partial charge in [0.05, 0.1) is 19.3 Å². The predicted molar refractivity (Wildman–Crippen MR) is 107 cm³/mol. The molecule has 0 bridgehead atoms. The third-order valence-electron chi connectivity index (χ3n) is 6.21. The van der Waals surface area contributed by atoms with E-state index in [1.54, 1.807) is 12.1 Å². The van der Waals surface area contributed by atoms with Gasteiger partial charge in [0.25, 0.3) is 0 Å². The van der Waals surface area contributed by atoms with Crippen LogP contribution in [0.25, 0.3) is 0 Å². The highest BCUT2D eigenvalue weighted by Gasteiger charge is 2.57. The molecule has 0 radical (unpaired) electrons. The number of hydrogen-bond acceptors (Lipinski definition) is 5. The van der Waals surface area contributed by atoms with Crippen LogP contribution in [-0.4, -0.2) is 66.7 Å². The maximum absolute atomic E-state index is 13.3. The summed E-state index contributed by atoms with van der Waals surface area (Å²) in [6, 6.07) is 6.19. The summed E-state index contributed by atoms with van der Waals surface area (Å²) in [5.74, 6) is -1.67. The number of Topliss-reactive ketones (excluding diaryl/α,β-unsaturated/α-hetero) is 1. The van der Waals surface area contributed by atoms with E-state index in [0.717, 1.165) is 31.4 Å². The maximum Gasteiger partial charge on any atom is 0.320 e. The highest BCUT2D eigenvalue weighted by atomic mass is 19.1. The molecule has 2 fully saturated rings. The Hall–Kier alpha value is -1.83. The summed E-state index contributed by atoms with van der Waals surface area (Å²) >= 11 is 0. The molecule has 1 aromatic rings. The van der Waals surface area contributed by atoms with Crippen LogP contribution in [0.15, 0.2) is 24.3 Å². The summed E-state index contributed by atoms with van der Waals surface area (Å²) in [5, 5.41) is 13.3. The van der Waals surface area contributed by atoms with Crippen LogP contribution in [-0.2, 0) is 20.7 Å². The van der Waals surface area contributed by atoms with Gasteiger partial charge in [-0.15, -0.1) is 0 Å². The van der Waals surface area contributed by atoms with E-state index in [0.29, 0.717) is 26.1 Å². The van der Waals surface area contributed by atoms with Crippen LogP contribution in [0, 0.1) is 11.2 Å². The number of halogens is 1. The van der Waals surface area contributed by atoms with Gasteiger partial charge in [-0.1, -0.05) is 31.9 Å². The molecule has 2 heterocycles. The number of ketones is 1. The molecule has 3 atom stereocenters. The Labute approximate surface area is 171 Å². The minimum absolute atomic E-state index is 0.113. The predicted octanol–water partition coefficient (Wildman–Crippen LogP) is 2.26. The number of carbonyl (C=O) groups excluding carboxylic acids is 1. The Morgan fingerprint density at radius 1 is 1.34 bits per heavy atom. The van der Waals surface area contributed by atoms with Crippen molar-refractivity contribution in [2.24, 2.45) is 5.41 Å². The number of carboxylic acids is 1. The van der Waals surface area contributed by atoms with Crippen molar-refractivity contribution in [3.63, 3.8) is 0 Å². The molecular formula is C22H31FN2O4. The number of aliphatic carboxylic acids is 1. The number of benzene rings is 1. The molecule has 2 aliphatic heterocycles. The Bertz CT molecular complexity index is 705. The number of nitrogens with one attached hydrogen (secondary N) is 1. The number of piperidine rings is 1. The summed E-state index contributed by atoms with van der Waals surface area (Å²) in [4.78, 5) is 27.7. The highest BCUT2D eigenvalue weighted by Crippen LogP contribution is 2.39. The highest BCUT2D eigenvalue weighted by molar-refractivity contribution is 6.05. The molecule has 2 aliphatic rings. The first-order valence-corrected chi connectivity index (χ1v) is 10.5. The number of rotatable bonds is 8. The van der Waals surface area contributed by atoms with Crippen LogP contribution in [0.5, 0.6) is 0 Å². The van der Waals surface area contributed by atoms with E-state index >= 15 is 0 Å². The van der Waals surface area contributed by atoms with Crippen molar-refractivity contribution in [3.8, 4) is 0 Å². The van der Waals surface area contributed by atoms with Crippen molar-refractivity contribution in [1.29, 1.82) is 0 Å². The van der Waals surface area contributed by atoms with Crippen molar-refractivity contribution in [3.05, 3.63) is 35.6 Å². The zero-order valence-electron chi connectivity index (χ0n) is 17.0. The molecule has 160 valence electrons. The van der Waals surface area contributed by atoms with Gasteiger partial charge in [-0.3, -0.25) is 14.5 Å². The first kappa shape index (κ1) is 21.9. The van der Waals surface area contributed by atoms with E-state index in [9.17, 15) is 19.1 Å². The molecule has 29 heavy (non-hydrogen) atoms. The summed E-state index contributed by atoms with van der Waals surface area (Å²) in [6.45, 7) is 4.41. The fraction of sp³-hybridized carbons (Fsp3) is 0.636. The number of ether oxygens (including phenoxy) is 1. The van der Waals surface area contributed by atoms with Gasteiger partial charge in [0.2, 0.25) is 0 Å². The van der Waals surface area contributed by atoms with Crippen LogP contribution in [0.2, 0.25) is 0 Å². The van der Waals surface area contributed by atoms with E-state index in [1.807, 2.05) is 0 Å². The van der Waals surface area contributed by atoms with E-state index < -0.39 is 17.5 Å². The van der Waals surface area contributed by atoms with Gasteiger partial charge < -0.3 is 15.2 Å². The second-order valence-corrected chi connectivity index (χ2v) is 8.13. The minimum Gasteiger partial charge on any atom is -0.480 e. The lowest BCUT2D eigenvalue weighted by molar-refractivity contribution is -0.176. The molecule has 3 rings (SSSR count). The van der Waals surface area contributed by atoms with Gasteiger partial charge in [0.1, 0.15) is 5.82 Å². The molecular weight excluding hydrogens is 375 g/mol. The summed E-state index contributed by atoms with van der Waals surface area (Å²) in [5.41, 5.74) is -0.604. The van der Waals surface area contributed by atoms with Gasteiger partial charge in [-0.25, -0.2) is 4.39 Å². The van der Waals surface area contributed by atoms with Gasteiger partial charge >= 0.3 is 5.97 Å². The van der Waals surface area contributed by atoms with E-state index in [-0.39, 0.29) is 30.6 Å². The third-order valence-corrected chi connectivity index (χ3v) is 6.21. The number of morpholine rings is 1. The quantitative estimate of drug-likeness (QED) is 0.509. The smallest absolute Gasteiger partial charge is 0.320 e. The van der Waals surface area contributed by atoms with Crippen LogP contribution in [0.1, 0.15) is 38.2 Å². The van der Waals surface area contributed by atoms with Gasteiger partial charge in [0.15, 0.2) is 11.2 Å². The van der Waals surface area contributed by atoms with Gasteiger partial charge in [-0.05, 0) is 43.5 Å². The molecule has 3 unspecified atom stereocenters. The molecule has 2 N–H and O–H groups in total. The first-order chi connectivity index (χ1) is 14.0. The van der Waals surface area contributed by atoms with Crippen molar-refractivity contribution < 1.29 is 23.8 Å². The summed E-state index contributed by atoms with van der Waals surface area (Å²) in [6.07, 6.45) is 3.21. The lowest BCUT2D eigenvalue weighted by atomic mass is 9.68. The van der Waals surface area contributed by atoms with E-state index in [1.165, 1.54) is 12.1 Å². The summed E-state index contributed by atoms with van der Waals surface area (Å²) < 4.78 is 19.1. The summed E-state index contributed by atoms with van der Waals surface area (Å²) in [7, 11) is 0. The van der Waals surface area contributed by atoms with Crippen molar-refractivity contribution in [2.75, 3.05) is 32.8 Å². The Morgan fingerprint density at radius 3 is 2.72 bits per heavy atom.